The summed E-state index contributed by atoms with van der Waals surface area (Å²) >= 11 is 0. The molecule has 0 saturated carbocycles. The molecule has 324 valence electrons. The van der Waals surface area contributed by atoms with Crippen LogP contribution in [0.2, 0.25) is 0 Å². The van der Waals surface area contributed by atoms with Crippen molar-refractivity contribution in [1.29, 1.82) is 0 Å². The van der Waals surface area contributed by atoms with Crippen LogP contribution in [0.15, 0.2) is 85.1 Å². The van der Waals surface area contributed by atoms with Gasteiger partial charge in [-0.15, -0.1) is 0 Å². The van der Waals surface area contributed by atoms with E-state index in [0.717, 1.165) is 122 Å². The molecule has 0 bridgehead atoms. The lowest BCUT2D eigenvalue weighted by atomic mass is 10.1. The van der Waals surface area contributed by atoms with Crippen molar-refractivity contribution in [3.63, 3.8) is 0 Å². The first-order valence-electron chi connectivity index (χ1n) is 23.1. The lowest BCUT2D eigenvalue weighted by Crippen LogP contribution is -2.30. The second-order valence-electron chi connectivity index (χ2n) is 14.9. The van der Waals surface area contributed by atoms with E-state index in [9.17, 15) is 14.4 Å². The third kappa shape index (κ3) is 43.6. The predicted molar refractivity (Wildman–Crippen MR) is 242 cm³/mol. The minimum atomic E-state index is -0.799. The molecule has 0 spiro atoms. The molecule has 0 aromatic rings. The van der Waals surface area contributed by atoms with Gasteiger partial charge in [-0.2, -0.15) is 0 Å². The van der Waals surface area contributed by atoms with Crippen molar-refractivity contribution >= 4 is 17.9 Å². The summed E-state index contributed by atoms with van der Waals surface area (Å²) in [5.41, 5.74) is 0. The molecule has 0 aliphatic heterocycles. The zero-order valence-electron chi connectivity index (χ0n) is 36.8. The minimum absolute atomic E-state index is 0.0969. The highest BCUT2D eigenvalue weighted by molar-refractivity contribution is 5.71. The van der Waals surface area contributed by atoms with E-state index in [2.05, 4.69) is 106 Å². The minimum Gasteiger partial charge on any atom is -0.462 e. The van der Waals surface area contributed by atoms with Crippen molar-refractivity contribution in [2.24, 2.45) is 0 Å². The molecule has 0 aromatic carbocycles. The van der Waals surface area contributed by atoms with Crippen LogP contribution in [0.5, 0.6) is 0 Å². The van der Waals surface area contributed by atoms with E-state index in [1.807, 2.05) is 0 Å². The van der Waals surface area contributed by atoms with Crippen molar-refractivity contribution in [3.8, 4) is 0 Å². The Morgan fingerprint density at radius 2 is 0.684 bits per heavy atom. The molecule has 0 amide bonds. The second kappa shape index (κ2) is 45.3. The molecular weight excluding hydrogens is 709 g/mol. The van der Waals surface area contributed by atoms with Crippen molar-refractivity contribution in [1.82, 2.24) is 0 Å². The van der Waals surface area contributed by atoms with E-state index in [0.29, 0.717) is 19.3 Å². The van der Waals surface area contributed by atoms with Crippen molar-refractivity contribution in [2.75, 3.05) is 13.2 Å². The first-order valence-corrected chi connectivity index (χ1v) is 23.1. The Morgan fingerprint density at radius 3 is 1.11 bits per heavy atom. The van der Waals surface area contributed by atoms with Gasteiger partial charge in [0.2, 0.25) is 0 Å². The molecule has 0 N–H and O–H groups in total. The number of allylic oxidation sites excluding steroid dienone is 14. The van der Waals surface area contributed by atoms with Gasteiger partial charge in [0.05, 0.1) is 0 Å². The van der Waals surface area contributed by atoms with Crippen LogP contribution in [-0.2, 0) is 28.6 Å². The van der Waals surface area contributed by atoms with Gasteiger partial charge in [0.25, 0.3) is 0 Å². The Labute approximate surface area is 350 Å². The normalized spacial score (nSPS) is 12.8. The highest BCUT2D eigenvalue weighted by Gasteiger charge is 2.19. The summed E-state index contributed by atoms with van der Waals surface area (Å²) in [7, 11) is 0. The molecule has 1 atom stereocenters. The average molecular weight is 793 g/mol. The van der Waals surface area contributed by atoms with Crippen molar-refractivity contribution < 1.29 is 28.6 Å². The topological polar surface area (TPSA) is 78.9 Å². The monoisotopic (exact) mass is 793 g/mol. The van der Waals surface area contributed by atoms with Gasteiger partial charge >= 0.3 is 17.9 Å². The van der Waals surface area contributed by atoms with Gasteiger partial charge in [0, 0.05) is 19.3 Å². The number of carbonyl (C=O) groups excluding carboxylic acids is 3. The summed E-state index contributed by atoms with van der Waals surface area (Å²) in [5.74, 6) is -0.967. The Morgan fingerprint density at radius 1 is 0.368 bits per heavy atom. The van der Waals surface area contributed by atoms with Crippen LogP contribution in [0.3, 0.4) is 0 Å². The van der Waals surface area contributed by atoms with Crippen LogP contribution in [0.1, 0.15) is 201 Å². The standard InChI is InChI=1S/C51H84O6/c1-4-7-10-13-16-19-21-23-25-27-29-32-35-38-41-44-50(53)56-47-48(46-55-49(52)43-40-37-34-31-18-15-12-9-6-3)57-51(54)45-42-39-36-33-30-28-26-24-22-20-17-14-11-8-5-2/h7-8,10-11,16-17,19-20,23-26,29,32,48H,4-6,9,12-15,18,21-22,27-28,30-31,33-47H2,1-3H3/b10-7-,11-8-,19-16-,20-17-,25-23-,26-24-,32-29-. The molecule has 0 saturated heterocycles. The highest BCUT2D eigenvalue weighted by atomic mass is 16.6. The summed E-state index contributed by atoms with van der Waals surface area (Å²) in [5, 5.41) is 0. The molecule has 0 aliphatic carbocycles. The first kappa shape index (κ1) is 53.6. The van der Waals surface area contributed by atoms with Gasteiger partial charge in [0.1, 0.15) is 13.2 Å². The fourth-order valence-electron chi connectivity index (χ4n) is 5.97. The van der Waals surface area contributed by atoms with E-state index in [4.69, 9.17) is 14.2 Å². The number of unbranched alkanes of at least 4 members (excludes halogenated alkanes) is 15. The average Bonchev–Trinajstić information content (AvgIpc) is 3.21. The third-order valence-corrected chi connectivity index (χ3v) is 9.40. The third-order valence-electron chi connectivity index (χ3n) is 9.40. The molecule has 6 nitrogen and oxygen atoms in total. The van der Waals surface area contributed by atoms with Crippen LogP contribution in [-0.4, -0.2) is 37.2 Å². The molecule has 0 radical (unpaired) electrons. The zero-order valence-corrected chi connectivity index (χ0v) is 36.8. The Hall–Kier alpha value is -3.41. The first-order chi connectivity index (χ1) is 28.0. The number of esters is 3. The molecule has 0 aliphatic rings. The molecule has 0 heterocycles. The largest absolute Gasteiger partial charge is 0.462 e. The smallest absolute Gasteiger partial charge is 0.306 e. The van der Waals surface area contributed by atoms with Crippen LogP contribution >= 0.6 is 0 Å². The molecule has 0 fully saturated rings. The summed E-state index contributed by atoms with van der Waals surface area (Å²) in [4.78, 5) is 37.7. The van der Waals surface area contributed by atoms with Crippen LogP contribution < -0.4 is 0 Å². The maximum atomic E-state index is 12.7. The number of hydrogen-bond donors (Lipinski definition) is 0. The SMILES string of the molecule is CC/C=C\C/C=C\C/C=C\C/C=C\CCCCC(=O)OCC(COC(=O)CCCCCCCCCCC)OC(=O)CCCCCCC/C=C\C/C=C\C/C=C\CC. The maximum Gasteiger partial charge on any atom is 0.306 e. The molecule has 57 heavy (non-hydrogen) atoms. The fraction of sp³-hybridized carbons (Fsp3) is 0.667. The Bertz CT molecular complexity index is 1140. The zero-order chi connectivity index (χ0) is 41.5. The number of ether oxygens (including phenoxy) is 3. The maximum absolute atomic E-state index is 12.7. The molecule has 1 unspecified atom stereocenters. The van der Waals surface area contributed by atoms with E-state index >= 15 is 0 Å². The molecular formula is C51H84O6. The van der Waals surface area contributed by atoms with E-state index in [-0.39, 0.29) is 31.1 Å². The van der Waals surface area contributed by atoms with Crippen LogP contribution in [0.25, 0.3) is 0 Å². The molecule has 0 aromatic heterocycles. The summed E-state index contributed by atoms with van der Waals surface area (Å²) < 4.78 is 16.7. The van der Waals surface area contributed by atoms with Gasteiger partial charge in [-0.1, -0.05) is 176 Å². The van der Waals surface area contributed by atoms with Crippen molar-refractivity contribution in [3.05, 3.63) is 85.1 Å². The van der Waals surface area contributed by atoms with E-state index in [1.54, 1.807) is 0 Å². The summed E-state index contributed by atoms with van der Waals surface area (Å²) in [6.45, 7) is 6.32. The predicted octanol–water partition coefficient (Wildman–Crippen LogP) is 14.9. The fourth-order valence-corrected chi connectivity index (χ4v) is 5.97. The van der Waals surface area contributed by atoms with Crippen LogP contribution in [0.4, 0.5) is 0 Å². The van der Waals surface area contributed by atoms with E-state index in [1.165, 1.54) is 38.5 Å². The van der Waals surface area contributed by atoms with Crippen LogP contribution in [0, 0.1) is 0 Å². The van der Waals surface area contributed by atoms with Gasteiger partial charge < -0.3 is 14.2 Å². The lowest BCUT2D eigenvalue weighted by molar-refractivity contribution is -0.167. The number of carbonyl (C=O) groups is 3. The van der Waals surface area contributed by atoms with Gasteiger partial charge in [0.15, 0.2) is 6.10 Å². The molecule has 6 heteroatoms. The lowest BCUT2D eigenvalue weighted by Gasteiger charge is -2.18. The Kier molecular flexibility index (Phi) is 42.6. The van der Waals surface area contributed by atoms with E-state index < -0.39 is 6.10 Å². The molecule has 0 rings (SSSR count). The summed E-state index contributed by atoms with van der Waals surface area (Å²) in [6, 6.07) is 0. The Balaban J connectivity index is 4.47. The second-order valence-corrected chi connectivity index (χ2v) is 14.9. The number of hydrogen-bond acceptors (Lipinski definition) is 6. The number of rotatable bonds is 40. The van der Waals surface area contributed by atoms with Gasteiger partial charge in [-0.05, 0) is 89.9 Å². The van der Waals surface area contributed by atoms with Crippen molar-refractivity contribution in [2.45, 2.75) is 207 Å². The quantitative estimate of drug-likeness (QED) is 0.0266. The van der Waals surface area contributed by atoms with Gasteiger partial charge in [-0.25, -0.2) is 0 Å². The van der Waals surface area contributed by atoms with Gasteiger partial charge in [-0.3, -0.25) is 14.4 Å². The summed E-state index contributed by atoms with van der Waals surface area (Å²) in [6.07, 6.45) is 57.1. The highest BCUT2D eigenvalue weighted by Crippen LogP contribution is 2.13.